The van der Waals surface area contributed by atoms with Gasteiger partial charge in [0, 0.05) is 41.8 Å². The molecule has 0 aromatic heterocycles. The first-order valence-corrected chi connectivity index (χ1v) is 14.0. The van der Waals surface area contributed by atoms with E-state index in [-0.39, 0.29) is 30.1 Å². The van der Waals surface area contributed by atoms with Crippen LogP contribution in [0.15, 0.2) is 53.7 Å². The molecule has 0 bridgehead atoms. The minimum absolute atomic E-state index is 0.00683. The molecule has 4 rings (SSSR count). The van der Waals surface area contributed by atoms with Gasteiger partial charge in [0.1, 0.15) is 0 Å². The lowest BCUT2D eigenvalue weighted by Crippen LogP contribution is -2.39. The van der Waals surface area contributed by atoms with Crippen molar-refractivity contribution in [3.05, 3.63) is 76.5 Å². The van der Waals surface area contributed by atoms with Gasteiger partial charge < -0.3 is 20.9 Å². The van der Waals surface area contributed by atoms with Gasteiger partial charge in [0.2, 0.25) is 17.7 Å². The second-order valence-corrected chi connectivity index (χ2v) is 11.0. The number of rotatable bonds is 9. The van der Waals surface area contributed by atoms with Crippen molar-refractivity contribution >= 4 is 23.4 Å². The van der Waals surface area contributed by atoms with E-state index in [2.05, 4.69) is 33.0 Å². The molecule has 0 saturated carbocycles. The number of allylic oxidation sites excluding steroid dienone is 1. The van der Waals surface area contributed by atoms with Crippen LogP contribution in [0.2, 0.25) is 0 Å². The summed E-state index contributed by atoms with van der Waals surface area (Å²) in [6, 6.07) is 11.6. The Morgan fingerprint density at radius 1 is 1.05 bits per heavy atom. The number of nitrogens with one attached hydrogen (secondary N) is 3. The minimum atomic E-state index is -1.00. The maximum Gasteiger partial charge on any atom is 0.249 e. The number of hydrogen-bond donors (Lipinski definition) is 3. The van der Waals surface area contributed by atoms with Crippen molar-refractivity contribution in [1.82, 2.24) is 15.5 Å². The van der Waals surface area contributed by atoms with Crippen LogP contribution in [0.3, 0.4) is 0 Å². The van der Waals surface area contributed by atoms with Gasteiger partial charge in [0.25, 0.3) is 0 Å². The summed E-state index contributed by atoms with van der Waals surface area (Å²) in [4.78, 5) is 39.7. The van der Waals surface area contributed by atoms with Gasteiger partial charge in [-0.1, -0.05) is 32.0 Å². The highest BCUT2D eigenvalue weighted by molar-refractivity contribution is 5.99. The topological polar surface area (TPSA) is 90.5 Å². The number of hydrogen-bond acceptors (Lipinski definition) is 4. The Bertz CT molecular complexity index is 1290. The largest absolute Gasteiger partial charge is 0.352 e. The summed E-state index contributed by atoms with van der Waals surface area (Å²) < 4.78 is 27.3. The highest BCUT2D eigenvalue weighted by Gasteiger charge is 2.32. The van der Waals surface area contributed by atoms with Crippen LogP contribution in [-0.2, 0) is 14.4 Å². The molecule has 2 aromatic carbocycles. The molecule has 1 unspecified atom stereocenters. The lowest BCUT2D eigenvalue weighted by molar-refractivity contribution is -0.122. The average molecular weight is 553 g/mol. The van der Waals surface area contributed by atoms with E-state index in [1.165, 1.54) is 11.6 Å². The van der Waals surface area contributed by atoms with Crippen LogP contribution < -0.4 is 16.0 Å². The summed E-state index contributed by atoms with van der Waals surface area (Å²) in [6.45, 7) is 8.62. The van der Waals surface area contributed by atoms with Crippen molar-refractivity contribution in [2.24, 2.45) is 5.92 Å². The third-order valence-corrected chi connectivity index (χ3v) is 7.73. The number of amides is 3. The standard InChI is InChI=1S/C31H38F2N4O3/c1-19(2)30(39)36-24-7-4-6-22(16-24)21-10-14-37(15-11-21)13-5-12-34-31(40)29-20(3)35-28(38)18-25(29)23-8-9-26(32)27(33)17-23/h4,6-9,16-17,19,21,25H,5,10-15,18H2,1-3H3,(H,34,40)(H,35,38)(H,36,39). The first kappa shape index (κ1) is 29.4. The molecule has 40 heavy (non-hydrogen) atoms. The van der Waals surface area contributed by atoms with Crippen LogP contribution in [0.4, 0.5) is 14.5 Å². The SMILES string of the molecule is CC1=C(C(=O)NCCCN2CCC(c3cccc(NC(=O)C(C)C)c3)CC2)C(c2ccc(F)c(F)c2)CC(=O)N1. The van der Waals surface area contributed by atoms with Gasteiger partial charge >= 0.3 is 0 Å². The van der Waals surface area contributed by atoms with Crippen LogP contribution >= 0.6 is 0 Å². The third kappa shape index (κ3) is 7.33. The molecule has 3 N–H and O–H groups in total. The fraction of sp³-hybridized carbons (Fsp3) is 0.452. The van der Waals surface area contributed by atoms with Gasteiger partial charge in [-0.05, 0) is 87.1 Å². The first-order valence-electron chi connectivity index (χ1n) is 14.0. The predicted molar refractivity (Wildman–Crippen MR) is 151 cm³/mol. The van der Waals surface area contributed by atoms with Crippen molar-refractivity contribution in [3.8, 4) is 0 Å². The van der Waals surface area contributed by atoms with E-state index >= 15 is 0 Å². The summed E-state index contributed by atoms with van der Waals surface area (Å²) in [6.07, 6.45) is 2.81. The molecule has 0 spiro atoms. The summed E-state index contributed by atoms with van der Waals surface area (Å²) in [5.74, 6) is -2.80. The number of benzene rings is 2. The molecule has 0 aliphatic carbocycles. The Labute approximate surface area is 234 Å². The van der Waals surface area contributed by atoms with Crippen molar-refractivity contribution < 1.29 is 23.2 Å². The number of halogens is 2. The van der Waals surface area contributed by atoms with Crippen molar-refractivity contribution in [1.29, 1.82) is 0 Å². The molecular formula is C31H38F2N4O3. The molecular weight excluding hydrogens is 514 g/mol. The van der Waals surface area contributed by atoms with Gasteiger partial charge in [0.15, 0.2) is 11.6 Å². The van der Waals surface area contributed by atoms with E-state index in [4.69, 9.17) is 0 Å². The molecule has 9 heteroatoms. The maximum absolute atomic E-state index is 13.9. The molecule has 7 nitrogen and oxygen atoms in total. The summed E-state index contributed by atoms with van der Waals surface area (Å²) in [7, 11) is 0. The quantitative estimate of drug-likeness (QED) is 0.389. The fourth-order valence-corrected chi connectivity index (χ4v) is 5.47. The minimum Gasteiger partial charge on any atom is -0.352 e. The second-order valence-electron chi connectivity index (χ2n) is 11.0. The van der Waals surface area contributed by atoms with Gasteiger partial charge in [0.05, 0.1) is 0 Å². The van der Waals surface area contributed by atoms with E-state index in [0.29, 0.717) is 29.3 Å². The average Bonchev–Trinajstić information content (AvgIpc) is 2.92. The molecule has 1 atom stereocenters. The van der Waals surface area contributed by atoms with Crippen molar-refractivity contribution in [2.45, 2.75) is 58.3 Å². The molecule has 3 amide bonds. The zero-order chi connectivity index (χ0) is 28.8. The number of anilines is 1. The van der Waals surface area contributed by atoms with Crippen LogP contribution in [0.25, 0.3) is 0 Å². The molecule has 2 heterocycles. The zero-order valence-corrected chi connectivity index (χ0v) is 23.4. The van der Waals surface area contributed by atoms with Crippen LogP contribution in [-0.4, -0.2) is 48.8 Å². The van der Waals surface area contributed by atoms with Gasteiger partial charge in [-0.3, -0.25) is 14.4 Å². The Morgan fingerprint density at radius 3 is 2.50 bits per heavy atom. The number of carbonyl (C=O) groups excluding carboxylic acids is 3. The summed E-state index contributed by atoms with van der Waals surface area (Å²) in [5.41, 5.74) is 3.28. The van der Waals surface area contributed by atoms with Gasteiger partial charge in [-0.15, -0.1) is 0 Å². The molecule has 0 radical (unpaired) electrons. The van der Waals surface area contributed by atoms with E-state index in [9.17, 15) is 23.2 Å². The van der Waals surface area contributed by atoms with Crippen LogP contribution in [0.5, 0.6) is 0 Å². The zero-order valence-electron chi connectivity index (χ0n) is 23.4. The van der Waals surface area contributed by atoms with E-state index in [1.807, 2.05) is 26.0 Å². The Hall–Kier alpha value is -3.59. The third-order valence-electron chi connectivity index (χ3n) is 7.73. The number of likely N-dealkylation sites (tertiary alicyclic amines) is 1. The molecule has 1 fully saturated rings. The first-order chi connectivity index (χ1) is 19.1. The maximum atomic E-state index is 13.9. The second kappa shape index (κ2) is 13.2. The van der Waals surface area contributed by atoms with Crippen LogP contribution in [0.1, 0.15) is 69.4 Å². The summed E-state index contributed by atoms with van der Waals surface area (Å²) >= 11 is 0. The predicted octanol–water partition coefficient (Wildman–Crippen LogP) is 4.82. The number of carbonyl (C=O) groups is 3. The molecule has 2 aliphatic heterocycles. The molecule has 2 aromatic rings. The normalized spacial score (nSPS) is 18.6. The number of piperidine rings is 1. The smallest absolute Gasteiger partial charge is 0.249 e. The lowest BCUT2D eigenvalue weighted by atomic mass is 9.84. The summed E-state index contributed by atoms with van der Waals surface area (Å²) in [5, 5.41) is 8.63. The highest BCUT2D eigenvalue weighted by atomic mass is 19.2. The van der Waals surface area contributed by atoms with E-state index in [1.54, 1.807) is 6.92 Å². The molecule has 2 aliphatic rings. The highest BCUT2D eigenvalue weighted by Crippen LogP contribution is 2.34. The monoisotopic (exact) mass is 552 g/mol. The van der Waals surface area contributed by atoms with Crippen molar-refractivity contribution in [2.75, 3.05) is 31.5 Å². The van der Waals surface area contributed by atoms with Gasteiger partial charge in [-0.2, -0.15) is 0 Å². The van der Waals surface area contributed by atoms with Crippen molar-refractivity contribution in [3.63, 3.8) is 0 Å². The van der Waals surface area contributed by atoms with Crippen LogP contribution in [0, 0.1) is 17.6 Å². The van der Waals surface area contributed by atoms with Gasteiger partial charge in [-0.25, -0.2) is 8.78 Å². The Morgan fingerprint density at radius 2 is 1.80 bits per heavy atom. The molecule has 1 saturated heterocycles. The molecule has 214 valence electrons. The van der Waals surface area contributed by atoms with E-state index < -0.39 is 17.6 Å². The Balaban J connectivity index is 1.25. The lowest BCUT2D eigenvalue weighted by Gasteiger charge is -2.32. The fourth-order valence-electron chi connectivity index (χ4n) is 5.47. The Kier molecular flexibility index (Phi) is 9.68. The van der Waals surface area contributed by atoms with E-state index in [0.717, 1.165) is 56.7 Å². The number of nitrogens with zero attached hydrogens (tertiary/aromatic N) is 1.